The number of pyridine rings is 2. The fourth-order valence-corrected chi connectivity index (χ4v) is 8.73. The molecule has 0 aliphatic carbocycles. The number of nitrogens with two attached hydrogens (primary N) is 2. The Labute approximate surface area is 301 Å². The molecule has 4 N–H and O–H groups in total. The number of rotatable bonds is 7. The van der Waals surface area contributed by atoms with Gasteiger partial charge in [-0.15, -0.1) is 0 Å². The number of nitrogen functional groups attached to an aromatic ring is 2. The standard InChI is InChI=1S/C33H36ClF4N9O4S/c1-16-13-21(39)42-27(24(16)33(36,37)38)22-25(34)29-23-28(26(22)35)43-32(51-15-19-7-6-18-14-45(52(3,48)49)9-10-47(18)19)44-31(23)46(11-12-50-29)17(2)20-5-4-8-41-30(20)40/h4-5,8,13,17-19H,6-7,9-12,14-15H2,1-3H3,(H2,39,42)(H2,40,41)/t17-,18-,19-/m1/s1. The highest BCUT2D eigenvalue weighted by atomic mass is 35.5. The zero-order valence-electron chi connectivity index (χ0n) is 28.4. The third-order valence-electron chi connectivity index (χ3n) is 10.0. The lowest BCUT2D eigenvalue weighted by molar-refractivity contribution is -0.137. The van der Waals surface area contributed by atoms with E-state index in [-0.39, 0.29) is 72.0 Å². The van der Waals surface area contributed by atoms with E-state index in [1.54, 1.807) is 23.2 Å². The quantitative estimate of drug-likeness (QED) is 0.247. The summed E-state index contributed by atoms with van der Waals surface area (Å²) < 4.78 is 98.6. The molecule has 19 heteroatoms. The van der Waals surface area contributed by atoms with Crippen LogP contribution in [0.2, 0.25) is 5.02 Å². The number of piperazine rings is 1. The van der Waals surface area contributed by atoms with Crippen molar-refractivity contribution in [2.75, 3.05) is 62.0 Å². The van der Waals surface area contributed by atoms with E-state index in [1.165, 1.54) is 17.5 Å². The Hall–Kier alpha value is -4.26. The minimum Gasteiger partial charge on any atom is -0.489 e. The first kappa shape index (κ1) is 36.1. The summed E-state index contributed by atoms with van der Waals surface area (Å²) in [5.74, 6) is -1.17. The van der Waals surface area contributed by atoms with Crippen LogP contribution >= 0.6 is 11.6 Å². The molecular weight excluding hydrogens is 730 g/mol. The molecule has 0 bridgehead atoms. The molecule has 13 nitrogen and oxygen atoms in total. The van der Waals surface area contributed by atoms with Crippen LogP contribution in [-0.4, -0.2) is 95.3 Å². The fourth-order valence-electron chi connectivity index (χ4n) is 7.55. The van der Waals surface area contributed by atoms with E-state index in [4.69, 9.17) is 37.5 Å². The Morgan fingerprint density at radius 1 is 1.15 bits per heavy atom. The maximum Gasteiger partial charge on any atom is 0.418 e. The number of sulfonamides is 1. The van der Waals surface area contributed by atoms with Crippen LogP contribution in [0, 0.1) is 12.7 Å². The number of fused-ring (bicyclic) bond motifs is 1. The molecule has 1 aromatic carbocycles. The fraction of sp³-hybridized carbons (Fsp3) is 0.455. The molecular formula is C33H36ClF4N9O4S. The SMILES string of the molecule is Cc1cc(N)nc(-c2c(Cl)c3c4c(nc(OC[C@H]5CC[C@@H]6CN(S(C)(=O)=O)CCN56)nc4c2F)N([C@H](C)c2cccnc2N)CCO3)c1C(F)(F)F. The van der Waals surface area contributed by atoms with Gasteiger partial charge in [0.15, 0.2) is 11.6 Å². The predicted molar refractivity (Wildman–Crippen MR) is 187 cm³/mol. The monoisotopic (exact) mass is 765 g/mol. The molecule has 3 aliphatic heterocycles. The van der Waals surface area contributed by atoms with Crippen LogP contribution < -0.4 is 25.8 Å². The van der Waals surface area contributed by atoms with Gasteiger partial charge in [-0.05, 0) is 44.4 Å². The Balaban J connectivity index is 1.36. The Morgan fingerprint density at radius 3 is 2.63 bits per heavy atom. The molecule has 4 aromatic rings. The summed E-state index contributed by atoms with van der Waals surface area (Å²) in [6, 6.07) is 3.72. The molecule has 3 atom stereocenters. The van der Waals surface area contributed by atoms with E-state index in [1.807, 2.05) is 6.92 Å². The number of alkyl halides is 3. The van der Waals surface area contributed by atoms with Crippen LogP contribution in [0.3, 0.4) is 0 Å². The number of anilines is 3. The second-order valence-corrected chi connectivity index (χ2v) is 15.6. The van der Waals surface area contributed by atoms with Gasteiger partial charge in [0.05, 0.1) is 46.1 Å². The van der Waals surface area contributed by atoms with Gasteiger partial charge in [-0.2, -0.15) is 27.4 Å². The van der Waals surface area contributed by atoms with Gasteiger partial charge in [0.2, 0.25) is 10.0 Å². The third-order valence-corrected chi connectivity index (χ3v) is 11.6. The summed E-state index contributed by atoms with van der Waals surface area (Å²) in [6.45, 7) is 4.50. The first-order valence-corrected chi connectivity index (χ1v) is 18.8. The first-order valence-electron chi connectivity index (χ1n) is 16.6. The Kier molecular flexibility index (Phi) is 9.24. The van der Waals surface area contributed by atoms with Gasteiger partial charge in [0, 0.05) is 43.5 Å². The van der Waals surface area contributed by atoms with Gasteiger partial charge in [-0.1, -0.05) is 17.7 Å². The zero-order valence-corrected chi connectivity index (χ0v) is 30.0. The van der Waals surface area contributed by atoms with Crippen LogP contribution in [-0.2, 0) is 16.2 Å². The Bertz CT molecular complexity index is 2180. The van der Waals surface area contributed by atoms with Gasteiger partial charge in [-0.3, -0.25) is 4.90 Å². The Morgan fingerprint density at radius 2 is 1.92 bits per heavy atom. The molecule has 0 amide bonds. The van der Waals surface area contributed by atoms with E-state index < -0.39 is 55.4 Å². The summed E-state index contributed by atoms with van der Waals surface area (Å²) in [6.07, 6.45) is -0.745. The van der Waals surface area contributed by atoms with Crippen LogP contribution in [0.5, 0.6) is 11.8 Å². The maximum absolute atomic E-state index is 17.0. The van der Waals surface area contributed by atoms with E-state index in [0.29, 0.717) is 31.6 Å². The van der Waals surface area contributed by atoms with Gasteiger partial charge >= 0.3 is 12.2 Å². The van der Waals surface area contributed by atoms with Crippen molar-refractivity contribution in [3.8, 4) is 23.0 Å². The minimum atomic E-state index is -4.94. The number of nitrogens with zero attached hydrogens (tertiary/aromatic N) is 7. The van der Waals surface area contributed by atoms with Gasteiger partial charge in [-0.25, -0.2) is 22.8 Å². The van der Waals surface area contributed by atoms with Crippen LogP contribution in [0.1, 0.15) is 42.5 Å². The van der Waals surface area contributed by atoms with Crippen molar-refractivity contribution in [2.45, 2.75) is 51.0 Å². The number of hydrogen-bond acceptors (Lipinski definition) is 12. The molecule has 0 saturated carbocycles. The number of ether oxygens (including phenoxy) is 2. The minimum absolute atomic E-state index is 0.000469. The van der Waals surface area contributed by atoms with Crippen molar-refractivity contribution < 1.29 is 35.5 Å². The van der Waals surface area contributed by atoms with E-state index in [0.717, 1.165) is 12.5 Å². The number of aromatic nitrogens is 4. The smallest absolute Gasteiger partial charge is 0.418 e. The van der Waals surface area contributed by atoms with Crippen molar-refractivity contribution in [3.05, 3.63) is 51.9 Å². The molecule has 2 fully saturated rings. The lowest BCUT2D eigenvalue weighted by Gasteiger charge is -2.38. The first-order chi connectivity index (χ1) is 24.5. The van der Waals surface area contributed by atoms with Gasteiger partial charge in [0.25, 0.3) is 0 Å². The van der Waals surface area contributed by atoms with Gasteiger partial charge in [0.1, 0.15) is 36.2 Å². The normalized spacial score (nSPS) is 20.4. The second-order valence-electron chi connectivity index (χ2n) is 13.2. The molecule has 52 heavy (non-hydrogen) atoms. The highest BCUT2D eigenvalue weighted by molar-refractivity contribution is 7.88. The van der Waals surface area contributed by atoms with Crippen LogP contribution in [0.4, 0.5) is 35.0 Å². The second kappa shape index (κ2) is 13.3. The predicted octanol–water partition coefficient (Wildman–Crippen LogP) is 4.82. The largest absolute Gasteiger partial charge is 0.489 e. The molecule has 7 rings (SSSR count). The number of aryl methyl sites for hydroxylation is 1. The van der Waals surface area contributed by atoms with Crippen LogP contribution in [0.25, 0.3) is 22.2 Å². The van der Waals surface area contributed by atoms with E-state index in [9.17, 15) is 21.6 Å². The molecule has 6 heterocycles. The molecule has 3 aliphatic rings. The van der Waals surface area contributed by atoms with E-state index >= 15 is 4.39 Å². The zero-order chi connectivity index (χ0) is 37.3. The van der Waals surface area contributed by atoms with Crippen LogP contribution in [0.15, 0.2) is 24.4 Å². The number of halogens is 5. The molecule has 0 radical (unpaired) electrons. The van der Waals surface area contributed by atoms with Crippen molar-refractivity contribution in [2.24, 2.45) is 0 Å². The highest BCUT2D eigenvalue weighted by Gasteiger charge is 2.42. The van der Waals surface area contributed by atoms with Crippen molar-refractivity contribution in [3.63, 3.8) is 0 Å². The summed E-state index contributed by atoms with van der Waals surface area (Å²) in [7, 11) is -3.34. The van der Waals surface area contributed by atoms with E-state index in [2.05, 4.69) is 19.9 Å². The lowest BCUT2D eigenvalue weighted by Crippen LogP contribution is -2.54. The van der Waals surface area contributed by atoms with Crippen molar-refractivity contribution in [1.29, 1.82) is 0 Å². The maximum atomic E-state index is 17.0. The molecule has 0 spiro atoms. The summed E-state index contributed by atoms with van der Waals surface area (Å²) in [4.78, 5) is 21.3. The van der Waals surface area contributed by atoms with Crippen molar-refractivity contribution in [1.82, 2.24) is 29.1 Å². The summed E-state index contributed by atoms with van der Waals surface area (Å²) in [5, 5.41) is -0.426. The molecule has 3 aromatic heterocycles. The van der Waals surface area contributed by atoms with Crippen molar-refractivity contribution >= 4 is 50.0 Å². The highest BCUT2D eigenvalue weighted by Crippen LogP contribution is 2.51. The molecule has 2 saturated heterocycles. The lowest BCUT2D eigenvalue weighted by atomic mass is 9.98. The van der Waals surface area contributed by atoms with Gasteiger partial charge < -0.3 is 25.8 Å². The summed E-state index contributed by atoms with van der Waals surface area (Å²) >= 11 is 6.80. The molecule has 0 unspecified atom stereocenters. The average molecular weight is 766 g/mol. The third kappa shape index (κ3) is 6.39. The number of hydrogen-bond donors (Lipinski definition) is 2. The average Bonchev–Trinajstić information content (AvgIpc) is 3.37. The topological polar surface area (TPSA) is 166 Å². The summed E-state index contributed by atoms with van der Waals surface area (Å²) in [5.41, 5.74) is 9.42. The number of benzene rings is 1. The molecule has 278 valence electrons.